The molecule has 5 rings (SSSR count). The summed E-state index contributed by atoms with van der Waals surface area (Å²) in [5.74, 6) is -1.88. The Hall–Kier alpha value is -3.92. The molecule has 39 heavy (non-hydrogen) atoms. The van der Waals surface area contributed by atoms with Gasteiger partial charge in [-0.15, -0.1) is 0 Å². The van der Waals surface area contributed by atoms with Crippen molar-refractivity contribution in [2.45, 2.75) is 56.3 Å². The molecule has 0 unspecified atom stereocenters. The van der Waals surface area contributed by atoms with E-state index in [1.807, 2.05) is 6.92 Å². The van der Waals surface area contributed by atoms with E-state index in [2.05, 4.69) is 0 Å². The number of rotatable bonds is 7. The maximum absolute atomic E-state index is 13.3. The highest BCUT2D eigenvalue weighted by Crippen LogP contribution is 2.50. The Kier molecular flexibility index (Phi) is 7.07. The third-order valence-electron chi connectivity index (χ3n) is 7.41. The van der Waals surface area contributed by atoms with Crippen LogP contribution in [0.15, 0.2) is 69.9 Å². The lowest BCUT2D eigenvalue weighted by Gasteiger charge is -2.43. The molecular formula is C29H29NO8S. The molecule has 0 saturated heterocycles. The molecule has 9 nitrogen and oxygen atoms in total. The summed E-state index contributed by atoms with van der Waals surface area (Å²) in [6.07, 6.45) is 2.88. The van der Waals surface area contributed by atoms with Crippen LogP contribution in [0, 0.1) is 6.92 Å². The van der Waals surface area contributed by atoms with E-state index >= 15 is 0 Å². The number of hydrogen-bond acceptors (Lipinski definition) is 8. The summed E-state index contributed by atoms with van der Waals surface area (Å²) in [7, 11) is -2.76. The highest BCUT2D eigenvalue weighted by atomic mass is 32.2. The topological polar surface area (TPSA) is 127 Å². The molecule has 2 aromatic rings. The van der Waals surface area contributed by atoms with Gasteiger partial charge >= 0.3 is 16.1 Å². The van der Waals surface area contributed by atoms with Gasteiger partial charge in [-0.2, -0.15) is 8.42 Å². The standard InChI is InChI=1S/C29H29NO8S/c1-17-9-12-19(13-10-17)39(35,36)38-24-14-11-18(15-25(24)37-2)27-28-20(5-3-7-22(28)31)30(16-26(33)34)21-6-4-8-23(32)29(21)27/h9-15,27H,3-8,16H2,1-2H3,(H,33,34). The number of carboxylic acid groups (broad SMARTS) is 1. The van der Waals surface area contributed by atoms with Gasteiger partial charge in [0.05, 0.1) is 7.11 Å². The molecule has 2 aromatic carbocycles. The molecule has 1 aliphatic heterocycles. The lowest BCUT2D eigenvalue weighted by molar-refractivity contribution is -0.138. The molecule has 3 aliphatic rings. The number of methoxy groups -OCH3 is 1. The second-order valence-electron chi connectivity index (χ2n) is 9.95. The van der Waals surface area contributed by atoms with Crippen molar-refractivity contribution in [2.24, 2.45) is 0 Å². The molecule has 0 amide bonds. The Balaban J connectivity index is 1.61. The summed E-state index contributed by atoms with van der Waals surface area (Å²) in [5, 5.41) is 9.61. The smallest absolute Gasteiger partial charge is 0.339 e. The van der Waals surface area contributed by atoms with Crippen LogP contribution in [0.1, 0.15) is 55.6 Å². The van der Waals surface area contributed by atoms with Crippen molar-refractivity contribution >= 4 is 27.7 Å². The first-order valence-electron chi connectivity index (χ1n) is 12.8. The monoisotopic (exact) mass is 551 g/mol. The fraction of sp³-hybridized carbons (Fsp3) is 0.345. The first kappa shape index (κ1) is 26.7. The van der Waals surface area contributed by atoms with Gasteiger partial charge in [-0.1, -0.05) is 23.8 Å². The van der Waals surface area contributed by atoms with E-state index < -0.39 is 22.0 Å². The normalized spacial score (nSPS) is 18.2. The fourth-order valence-corrected chi connectivity index (χ4v) is 6.62. The Morgan fingerprint density at radius 3 is 2.05 bits per heavy atom. The van der Waals surface area contributed by atoms with Crippen LogP contribution in [0.2, 0.25) is 0 Å². The van der Waals surface area contributed by atoms with Crippen LogP contribution >= 0.6 is 0 Å². The number of Topliss-reactive ketones (excluding diaryl/α,β-unsaturated/α-hetero) is 2. The molecule has 0 atom stereocenters. The molecule has 0 aromatic heterocycles. The number of allylic oxidation sites excluding steroid dienone is 4. The van der Waals surface area contributed by atoms with Crippen LogP contribution in [-0.4, -0.2) is 49.6 Å². The molecule has 0 bridgehead atoms. The predicted molar refractivity (Wildman–Crippen MR) is 141 cm³/mol. The van der Waals surface area contributed by atoms with Gasteiger partial charge in [0.15, 0.2) is 23.1 Å². The second-order valence-corrected chi connectivity index (χ2v) is 11.5. The van der Waals surface area contributed by atoms with E-state index in [0.29, 0.717) is 66.6 Å². The van der Waals surface area contributed by atoms with Gasteiger partial charge in [-0.05, 0) is 62.4 Å². The molecule has 0 saturated carbocycles. The van der Waals surface area contributed by atoms with Crippen molar-refractivity contribution in [1.82, 2.24) is 4.90 Å². The summed E-state index contributed by atoms with van der Waals surface area (Å²) >= 11 is 0. The van der Waals surface area contributed by atoms with Crippen LogP contribution in [0.4, 0.5) is 0 Å². The van der Waals surface area contributed by atoms with Crippen molar-refractivity contribution in [3.8, 4) is 11.5 Å². The first-order chi connectivity index (χ1) is 18.6. The Bertz CT molecular complexity index is 1490. The highest BCUT2D eigenvalue weighted by molar-refractivity contribution is 7.87. The van der Waals surface area contributed by atoms with Gasteiger partial charge < -0.3 is 18.9 Å². The quantitative estimate of drug-likeness (QED) is 0.502. The largest absolute Gasteiger partial charge is 0.493 e. The lowest BCUT2D eigenvalue weighted by Crippen LogP contribution is -2.41. The molecule has 1 heterocycles. The Labute approximate surface area is 226 Å². The summed E-state index contributed by atoms with van der Waals surface area (Å²) in [6.45, 7) is 1.53. The van der Waals surface area contributed by atoms with E-state index in [1.165, 1.54) is 25.3 Å². The number of carboxylic acids is 1. The summed E-state index contributed by atoms with van der Waals surface area (Å²) < 4.78 is 36.8. The Morgan fingerprint density at radius 1 is 0.923 bits per heavy atom. The van der Waals surface area contributed by atoms with Crippen LogP contribution in [0.25, 0.3) is 0 Å². The minimum Gasteiger partial charge on any atom is -0.493 e. The van der Waals surface area contributed by atoms with Gasteiger partial charge in [0.25, 0.3) is 0 Å². The third kappa shape index (κ3) is 4.96. The van der Waals surface area contributed by atoms with Crippen LogP contribution in [0.3, 0.4) is 0 Å². The maximum atomic E-state index is 13.3. The summed E-state index contributed by atoms with van der Waals surface area (Å²) in [5.41, 5.74) is 3.63. The average Bonchev–Trinajstić information content (AvgIpc) is 2.89. The average molecular weight is 552 g/mol. The van der Waals surface area contributed by atoms with E-state index in [1.54, 1.807) is 29.2 Å². The van der Waals surface area contributed by atoms with Crippen molar-refractivity contribution in [3.05, 3.63) is 76.1 Å². The zero-order chi connectivity index (χ0) is 27.9. The second kappa shape index (κ2) is 10.3. The van der Waals surface area contributed by atoms with Gasteiger partial charge in [0.1, 0.15) is 11.4 Å². The number of ether oxygens (including phenoxy) is 1. The van der Waals surface area contributed by atoms with Gasteiger partial charge in [0.2, 0.25) is 0 Å². The molecule has 0 radical (unpaired) electrons. The first-order valence-corrected chi connectivity index (χ1v) is 14.2. The van der Waals surface area contributed by atoms with E-state index in [9.17, 15) is 27.9 Å². The third-order valence-corrected chi connectivity index (χ3v) is 8.66. The van der Waals surface area contributed by atoms with E-state index in [-0.39, 0.29) is 34.5 Å². The number of carbonyl (C=O) groups is 3. The van der Waals surface area contributed by atoms with Crippen LogP contribution < -0.4 is 8.92 Å². The minimum atomic E-state index is -4.14. The van der Waals surface area contributed by atoms with Crippen molar-refractivity contribution < 1.29 is 36.8 Å². The minimum absolute atomic E-state index is 0.00442. The maximum Gasteiger partial charge on any atom is 0.339 e. The van der Waals surface area contributed by atoms with Crippen molar-refractivity contribution in [3.63, 3.8) is 0 Å². The zero-order valence-electron chi connectivity index (χ0n) is 21.7. The van der Waals surface area contributed by atoms with E-state index in [0.717, 1.165) is 5.56 Å². The number of carbonyl (C=O) groups excluding carboxylic acids is 2. The molecule has 204 valence electrons. The summed E-state index contributed by atoms with van der Waals surface area (Å²) in [4.78, 5) is 40.0. The van der Waals surface area contributed by atoms with Crippen molar-refractivity contribution in [2.75, 3.05) is 13.7 Å². The van der Waals surface area contributed by atoms with Crippen molar-refractivity contribution in [1.29, 1.82) is 0 Å². The number of benzene rings is 2. The van der Waals surface area contributed by atoms with Crippen LogP contribution in [-0.2, 0) is 24.5 Å². The molecular weight excluding hydrogens is 522 g/mol. The SMILES string of the molecule is COc1cc(C2C3=C(CCCC3=O)N(CC(=O)O)C3=C2C(=O)CCC3)ccc1OS(=O)(=O)c1ccc(C)cc1. The number of hydrogen-bond donors (Lipinski definition) is 1. The van der Waals surface area contributed by atoms with Gasteiger partial charge in [-0.3, -0.25) is 14.4 Å². The highest BCUT2D eigenvalue weighted by Gasteiger charge is 2.44. The van der Waals surface area contributed by atoms with Gasteiger partial charge in [-0.25, -0.2) is 0 Å². The molecule has 2 aliphatic carbocycles. The van der Waals surface area contributed by atoms with Gasteiger partial charge in [0, 0.05) is 41.3 Å². The number of nitrogens with zero attached hydrogens (tertiary/aromatic N) is 1. The number of aliphatic carboxylic acids is 1. The molecule has 0 fully saturated rings. The molecule has 0 spiro atoms. The fourth-order valence-electron chi connectivity index (χ4n) is 5.68. The van der Waals surface area contributed by atoms with Crippen LogP contribution in [0.5, 0.6) is 11.5 Å². The number of ketones is 2. The number of aryl methyl sites for hydroxylation is 1. The molecule has 1 N–H and O–H groups in total. The lowest BCUT2D eigenvalue weighted by atomic mass is 9.71. The molecule has 10 heteroatoms. The zero-order valence-corrected chi connectivity index (χ0v) is 22.5. The predicted octanol–water partition coefficient (Wildman–Crippen LogP) is 4.27. The van der Waals surface area contributed by atoms with E-state index in [4.69, 9.17) is 8.92 Å². The Morgan fingerprint density at radius 2 is 1.51 bits per heavy atom. The summed E-state index contributed by atoms with van der Waals surface area (Å²) in [6, 6.07) is 11.0.